The van der Waals surface area contributed by atoms with Crippen LogP contribution in [0.5, 0.6) is 22.3 Å². The lowest BCUT2D eigenvalue weighted by Crippen LogP contribution is -2.09. The molecular formula is C25H23N3O6S2. The summed E-state index contributed by atoms with van der Waals surface area (Å²) in [5.41, 5.74) is 1.30. The van der Waals surface area contributed by atoms with Gasteiger partial charge >= 0.3 is 5.00 Å². The molecule has 0 aliphatic heterocycles. The maximum atomic E-state index is 12.7. The summed E-state index contributed by atoms with van der Waals surface area (Å²) in [6.45, 7) is 5.02. The average molecular weight is 526 g/mol. The van der Waals surface area contributed by atoms with E-state index in [1.165, 1.54) is 12.1 Å². The van der Waals surface area contributed by atoms with Crippen LogP contribution in [0.3, 0.4) is 0 Å². The molecule has 1 amide bonds. The van der Waals surface area contributed by atoms with Crippen molar-refractivity contribution in [3.05, 3.63) is 75.7 Å². The number of rotatable bonds is 11. The summed E-state index contributed by atoms with van der Waals surface area (Å²) in [5.74, 6) is 1.35. The lowest BCUT2D eigenvalue weighted by molar-refractivity contribution is -0.380. The Bertz CT molecular complexity index is 1350. The minimum absolute atomic E-state index is 0.109. The number of nitrogens with one attached hydrogen (secondary N) is 1. The smallest absolute Gasteiger partial charge is 0.324 e. The van der Waals surface area contributed by atoms with E-state index in [1.54, 1.807) is 6.07 Å². The topological polar surface area (TPSA) is 113 Å². The number of carbonyl (C=O) groups is 1. The van der Waals surface area contributed by atoms with E-state index >= 15 is 0 Å². The fourth-order valence-electron chi connectivity index (χ4n) is 3.16. The number of carbonyl (C=O) groups excluding carboxylic acids is 1. The average Bonchev–Trinajstić information content (AvgIpc) is 3.52. The van der Waals surface area contributed by atoms with Crippen LogP contribution in [-0.4, -0.2) is 29.0 Å². The molecule has 0 aliphatic rings. The maximum absolute atomic E-state index is 12.7. The molecule has 36 heavy (non-hydrogen) atoms. The molecule has 4 aromatic rings. The zero-order chi connectivity index (χ0) is 25.5. The van der Waals surface area contributed by atoms with Crippen LogP contribution in [-0.2, 0) is 0 Å². The number of aromatic nitrogens is 1. The van der Waals surface area contributed by atoms with Crippen LogP contribution in [0.1, 0.15) is 29.9 Å². The SMILES string of the molecule is CCCOc1ccc(-c2nc(NC(=O)c3ccc([N+](=O)[O-])s3)sc2Oc2ccccc2OCC)cc1. The summed E-state index contributed by atoms with van der Waals surface area (Å²) in [6, 6.07) is 17.5. The van der Waals surface area contributed by atoms with Gasteiger partial charge in [-0.1, -0.05) is 41.7 Å². The molecule has 0 spiro atoms. The Morgan fingerprint density at radius 2 is 1.75 bits per heavy atom. The van der Waals surface area contributed by atoms with E-state index in [0.717, 1.165) is 40.4 Å². The minimum atomic E-state index is -0.529. The van der Waals surface area contributed by atoms with Gasteiger partial charge in [-0.3, -0.25) is 20.2 Å². The van der Waals surface area contributed by atoms with Crippen LogP contribution in [0.25, 0.3) is 11.3 Å². The van der Waals surface area contributed by atoms with Crippen LogP contribution >= 0.6 is 22.7 Å². The number of benzene rings is 2. The second-order valence-electron chi connectivity index (χ2n) is 7.36. The molecular weight excluding hydrogens is 502 g/mol. The number of nitrogens with zero attached hydrogens (tertiary/aromatic N) is 2. The molecule has 4 rings (SSSR count). The van der Waals surface area contributed by atoms with Crippen molar-refractivity contribution in [3.8, 4) is 33.6 Å². The zero-order valence-electron chi connectivity index (χ0n) is 19.6. The van der Waals surface area contributed by atoms with Crippen molar-refractivity contribution in [2.75, 3.05) is 18.5 Å². The highest BCUT2D eigenvalue weighted by Gasteiger charge is 2.21. The molecule has 11 heteroatoms. The van der Waals surface area contributed by atoms with Crippen LogP contribution in [0.4, 0.5) is 10.1 Å². The van der Waals surface area contributed by atoms with Crippen molar-refractivity contribution < 1.29 is 23.9 Å². The Kier molecular flexibility index (Phi) is 8.13. The van der Waals surface area contributed by atoms with Crippen molar-refractivity contribution in [1.29, 1.82) is 0 Å². The van der Waals surface area contributed by atoms with Crippen molar-refractivity contribution in [1.82, 2.24) is 4.98 Å². The van der Waals surface area contributed by atoms with Crippen LogP contribution in [0.2, 0.25) is 0 Å². The number of thiazole rings is 1. The first-order valence-corrected chi connectivity index (χ1v) is 12.8. The van der Waals surface area contributed by atoms with E-state index in [2.05, 4.69) is 10.3 Å². The standard InChI is InChI=1S/C25H23N3O6S2/c1-3-15-33-17-11-9-16(10-12-17)22-24(34-19-8-6-5-7-18(19)32-4-2)36-25(26-22)27-23(29)20-13-14-21(35-20)28(30)31/h5-14H,3-4,15H2,1-2H3,(H,26,27,29). The zero-order valence-corrected chi connectivity index (χ0v) is 21.2. The van der Waals surface area contributed by atoms with Crippen molar-refractivity contribution in [2.45, 2.75) is 20.3 Å². The number of anilines is 1. The van der Waals surface area contributed by atoms with Gasteiger partial charge in [0.25, 0.3) is 5.91 Å². The Hall–Kier alpha value is -3.96. The first kappa shape index (κ1) is 25.1. The van der Waals surface area contributed by atoms with E-state index in [-0.39, 0.29) is 9.88 Å². The van der Waals surface area contributed by atoms with E-state index in [9.17, 15) is 14.9 Å². The first-order valence-electron chi connectivity index (χ1n) is 11.2. The van der Waals surface area contributed by atoms with Gasteiger partial charge in [-0.05, 0) is 55.8 Å². The van der Waals surface area contributed by atoms with E-state index in [0.29, 0.717) is 40.6 Å². The Morgan fingerprint density at radius 1 is 1.00 bits per heavy atom. The number of para-hydroxylation sites is 2. The Labute approximate surface area is 215 Å². The van der Waals surface area contributed by atoms with Gasteiger partial charge in [0.2, 0.25) is 5.06 Å². The molecule has 1 N–H and O–H groups in total. The van der Waals surface area contributed by atoms with Crippen molar-refractivity contribution >= 4 is 38.7 Å². The van der Waals surface area contributed by atoms with Crippen LogP contribution in [0.15, 0.2) is 60.7 Å². The highest BCUT2D eigenvalue weighted by atomic mass is 32.1. The molecule has 2 aromatic carbocycles. The molecule has 2 heterocycles. The molecule has 0 saturated carbocycles. The summed E-state index contributed by atoms with van der Waals surface area (Å²) in [5, 5.41) is 14.3. The van der Waals surface area contributed by atoms with E-state index in [1.807, 2.05) is 56.3 Å². The second kappa shape index (κ2) is 11.6. The molecule has 0 radical (unpaired) electrons. The fraction of sp³-hybridized carbons (Fsp3) is 0.200. The van der Waals surface area contributed by atoms with E-state index in [4.69, 9.17) is 14.2 Å². The third-order valence-electron chi connectivity index (χ3n) is 4.76. The number of hydrogen-bond donors (Lipinski definition) is 1. The number of ether oxygens (including phenoxy) is 3. The molecule has 0 aliphatic carbocycles. The Morgan fingerprint density at radius 3 is 2.42 bits per heavy atom. The number of thiophene rings is 1. The summed E-state index contributed by atoms with van der Waals surface area (Å²) in [7, 11) is 0. The van der Waals surface area contributed by atoms with Gasteiger partial charge in [0.05, 0.1) is 23.0 Å². The maximum Gasteiger partial charge on any atom is 0.324 e. The van der Waals surface area contributed by atoms with Crippen molar-refractivity contribution in [2.24, 2.45) is 0 Å². The molecule has 0 fully saturated rings. The quantitative estimate of drug-likeness (QED) is 0.165. The van der Waals surface area contributed by atoms with Gasteiger partial charge in [0.1, 0.15) is 11.4 Å². The third kappa shape index (κ3) is 5.99. The summed E-state index contributed by atoms with van der Waals surface area (Å²) in [6.07, 6.45) is 0.904. The van der Waals surface area contributed by atoms with Gasteiger partial charge < -0.3 is 14.2 Å². The predicted octanol–water partition coefficient (Wildman–Crippen LogP) is 7.01. The highest BCUT2D eigenvalue weighted by Crippen LogP contribution is 2.43. The molecule has 186 valence electrons. The monoisotopic (exact) mass is 525 g/mol. The minimum Gasteiger partial charge on any atom is -0.494 e. The van der Waals surface area contributed by atoms with Crippen LogP contribution < -0.4 is 19.5 Å². The molecule has 9 nitrogen and oxygen atoms in total. The normalized spacial score (nSPS) is 10.6. The summed E-state index contributed by atoms with van der Waals surface area (Å²) in [4.78, 5) is 28.0. The van der Waals surface area contributed by atoms with Crippen molar-refractivity contribution in [3.63, 3.8) is 0 Å². The molecule has 0 unspecified atom stereocenters. The third-order valence-corrected chi connectivity index (χ3v) is 6.65. The number of nitro groups is 1. The fourth-order valence-corrected chi connectivity index (χ4v) is 4.72. The first-order chi connectivity index (χ1) is 17.5. The molecule has 2 aromatic heterocycles. The molecule has 0 saturated heterocycles. The predicted molar refractivity (Wildman–Crippen MR) is 140 cm³/mol. The number of amides is 1. The second-order valence-corrected chi connectivity index (χ2v) is 9.38. The lowest BCUT2D eigenvalue weighted by Gasteiger charge is -2.11. The lowest BCUT2D eigenvalue weighted by atomic mass is 10.1. The molecule has 0 atom stereocenters. The molecule has 0 bridgehead atoms. The Balaban J connectivity index is 1.65. The summed E-state index contributed by atoms with van der Waals surface area (Å²) < 4.78 is 17.6. The van der Waals surface area contributed by atoms with Gasteiger partial charge in [0, 0.05) is 11.6 Å². The van der Waals surface area contributed by atoms with Crippen LogP contribution in [0, 0.1) is 10.1 Å². The van der Waals surface area contributed by atoms with E-state index < -0.39 is 10.8 Å². The largest absolute Gasteiger partial charge is 0.494 e. The van der Waals surface area contributed by atoms with Gasteiger partial charge in [-0.25, -0.2) is 4.98 Å². The van der Waals surface area contributed by atoms with Gasteiger partial charge in [-0.2, -0.15) is 0 Å². The number of hydrogen-bond acceptors (Lipinski definition) is 9. The van der Waals surface area contributed by atoms with Gasteiger partial charge in [0.15, 0.2) is 16.6 Å². The van der Waals surface area contributed by atoms with Gasteiger partial charge in [-0.15, -0.1) is 0 Å². The summed E-state index contributed by atoms with van der Waals surface area (Å²) >= 11 is 1.95. The highest BCUT2D eigenvalue weighted by molar-refractivity contribution is 7.19.